The first-order valence-electron chi connectivity index (χ1n) is 11.2. The molecule has 1 N–H and O–H groups in total. The number of halogens is 2. The summed E-state index contributed by atoms with van der Waals surface area (Å²) in [5.41, 5.74) is 0.0912. The van der Waals surface area contributed by atoms with Crippen molar-refractivity contribution >= 4 is 22.8 Å². The van der Waals surface area contributed by atoms with E-state index in [1.807, 2.05) is 4.90 Å². The zero-order valence-electron chi connectivity index (χ0n) is 18.8. The van der Waals surface area contributed by atoms with Crippen LogP contribution in [0.4, 0.5) is 20.4 Å². The van der Waals surface area contributed by atoms with Gasteiger partial charge in [-0.15, -0.1) is 5.10 Å². The molecule has 4 heterocycles. The summed E-state index contributed by atoms with van der Waals surface area (Å²) in [4.78, 5) is 25.1. The minimum absolute atomic E-state index is 0.0760. The zero-order chi connectivity index (χ0) is 23.7. The van der Waals surface area contributed by atoms with E-state index in [0.29, 0.717) is 64.1 Å². The van der Waals surface area contributed by atoms with Gasteiger partial charge in [-0.2, -0.15) is 4.98 Å². The van der Waals surface area contributed by atoms with Gasteiger partial charge >= 0.3 is 0 Å². The molecule has 11 nitrogen and oxygen atoms in total. The second-order valence-electron chi connectivity index (χ2n) is 8.29. The summed E-state index contributed by atoms with van der Waals surface area (Å²) in [7, 11) is 1.66. The van der Waals surface area contributed by atoms with Gasteiger partial charge < -0.3 is 19.3 Å². The van der Waals surface area contributed by atoms with E-state index >= 15 is 0 Å². The standard InChI is InChI=1S/C21H26F2N8O3/c1-28-19-17(26-27-28)20(32)25-21(24-19)31-4-2-30(3-5-31)18-15(22)12-14(13-16(18)23)34-11-8-29-6-9-33-10-7-29/h12-13H,2-11H2,1H3,(H,24,25,32). The molecule has 13 heteroatoms. The van der Waals surface area contributed by atoms with Crippen LogP contribution in [0.1, 0.15) is 0 Å². The summed E-state index contributed by atoms with van der Waals surface area (Å²) < 4.78 is 42.0. The van der Waals surface area contributed by atoms with Crippen LogP contribution in [0.5, 0.6) is 5.75 Å². The first kappa shape index (κ1) is 22.5. The highest BCUT2D eigenvalue weighted by Crippen LogP contribution is 2.29. The second kappa shape index (κ2) is 9.50. The van der Waals surface area contributed by atoms with Crippen LogP contribution in [0, 0.1) is 11.6 Å². The third-order valence-corrected chi connectivity index (χ3v) is 6.12. The lowest BCUT2D eigenvalue weighted by molar-refractivity contribution is 0.0322. The predicted octanol–water partition coefficient (Wildman–Crippen LogP) is 0.367. The summed E-state index contributed by atoms with van der Waals surface area (Å²) in [5.74, 6) is -0.773. The van der Waals surface area contributed by atoms with Crippen LogP contribution in [-0.2, 0) is 11.8 Å². The summed E-state index contributed by atoms with van der Waals surface area (Å²) in [5, 5.41) is 7.62. The first-order chi connectivity index (χ1) is 16.5. The number of anilines is 2. The number of hydrogen-bond donors (Lipinski definition) is 1. The number of ether oxygens (including phenoxy) is 2. The van der Waals surface area contributed by atoms with Crippen LogP contribution >= 0.6 is 0 Å². The van der Waals surface area contributed by atoms with Gasteiger partial charge in [-0.05, 0) is 0 Å². The Hall–Kier alpha value is -3.32. The first-order valence-corrected chi connectivity index (χ1v) is 11.2. The van der Waals surface area contributed by atoms with Gasteiger partial charge in [0.2, 0.25) is 5.95 Å². The van der Waals surface area contributed by atoms with Gasteiger partial charge in [0, 0.05) is 65.0 Å². The third kappa shape index (κ3) is 4.53. The maximum absolute atomic E-state index is 14.9. The van der Waals surface area contributed by atoms with E-state index in [4.69, 9.17) is 9.47 Å². The van der Waals surface area contributed by atoms with Crippen LogP contribution < -0.4 is 20.1 Å². The molecule has 0 bridgehead atoms. The molecule has 0 amide bonds. The Morgan fingerprint density at radius 2 is 1.74 bits per heavy atom. The normalized spacial score (nSPS) is 17.5. The van der Waals surface area contributed by atoms with Crippen molar-refractivity contribution in [1.82, 2.24) is 29.9 Å². The molecule has 0 aliphatic carbocycles. The summed E-state index contributed by atoms with van der Waals surface area (Å²) in [6.45, 7) is 5.62. The lowest BCUT2D eigenvalue weighted by Crippen LogP contribution is -2.48. The third-order valence-electron chi connectivity index (χ3n) is 6.12. The Morgan fingerprint density at radius 3 is 2.44 bits per heavy atom. The van der Waals surface area contributed by atoms with Crippen LogP contribution in [0.2, 0.25) is 0 Å². The summed E-state index contributed by atoms with van der Waals surface area (Å²) in [6.07, 6.45) is 0. The molecule has 2 fully saturated rings. The van der Waals surface area contributed by atoms with Crippen LogP contribution in [0.25, 0.3) is 11.2 Å². The molecule has 5 rings (SSSR count). The maximum atomic E-state index is 14.9. The molecular formula is C21H26F2N8O3. The minimum Gasteiger partial charge on any atom is -0.492 e. The molecular weight excluding hydrogens is 450 g/mol. The fourth-order valence-corrected chi connectivity index (χ4v) is 4.25. The fraction of sp³-hybridized carbons (Fsp3) is 0.524. The summed E-state index contributed by atoms with van der Waals surface area (Å²) >= 11 is 0. The smallest absolute Gasteiger partial charge is 0.282 e. The van der Waals surface area contributed by atoms with Crippen molar-refractivity contribution in [3.8, 4) is 5.75 Å². The topological polar surface area (TPSA) is 105 Å². The molecule has 0 spiro atoms. The molecule has 2 saturated heterocycles. The number of hydrogen-bond acceptors (Lipinski definition) is 9. The second-order valence-corrected chi connectivity index (χ2v) is 8.29. The molecule has 2 aliphatic rings. The van der Waals surface area contributed by atoms with E-state index in [2.05, 4.69) is 25.2 Å². The number of piperazine rings is 1. The predicted molar refractivity (Wildman–Crippen MR) is 120 cm³/mol. The monoisotopic (exact) mass is 476 g/mol. The van der Waals surface area contributed by atoms with Gasteiger partial charge in [0.1, 0.15) is 18.0 Å². The highest BCUT2D eigenvalue weighted by molar-refractivity contribution is 5.69. The van der Waals surface area contributed by atoms with Crippen LogP contribution in [0.3, 0.4) is 0 Å². The zero-order valence-corrected chi connectivity index (χ0v) is 18.8. The number of rotatable bonds is 6. The van der Waals surface area contributed by atoms with E-state index in [9.17, 15) is 13.6 Å². The van der Waals surface area contributed by atoms with Crippen molar-refractivity contribution in [1.29, 1.82) is 0 Å². The van der Waals surface area contributed by atoms with Gasteiger partial charge in [0.05, 0.1) is 13.2 Å². The van der Waals surface area contributed by atoms with E-state index < -0.39 is 11.6 Å². The van der Waals surface area contributed by atoms with Gasteiger partial charge in [-0.25, -0.2) is 13.5 Å². The minimum atomic E-state index is -0.663. The SMILES string of the molecule is Cn1nnc2c(=O)[nH]c(N3CCN(c4c(F)cc(OCCN5CCOCC5)cc4F)CC3)nc21. The fourth-order valence-electron chi connectivity index (χ4n) is 4.25. The molecule has 0 atom stereocenters. The van der Waals surface area contributed by atoms with Crippen LogP contribution in [-0.4, -0.2) is 95.5 Å². The lowest BCUT2D eigenvalue weighted by atomic mass is 10.2. The molecule has 34 heavy (non-hydrogen) atoms. The Balaban J connectivity index is 1.22. The lowest BCUT2D eigenvalue weighted by Gasteiger charge is -2.36. The average molecular weight is 476 g/mol. The quantitative estimate of drug-likeness (QED) is 0.540. The number of morpholine rings is 1. The number of aromatic amines is 1. The summed E-state index contributed by atoms with van der Waals surface area (Å²) in [6, 6.07) is 2.46. The van der Waals surface area contributed by atoms with Gasteiger partial charge in [0.15, 0.2) is 22.8 Å². The van der Waals surface area contributed by atoms with E-state index in [-0.39, 0.29) is 22.5 Å². The number of nitrogens with one attached hydrogen (secondary N) is 1. The van der Waals surface area contributed by atoms with Crippen molar-refractivity contribution in [3.63, 3.8) is 0 Å². The Bertz CT molecular complexity index is 1200. The molecule has 182 valence electrons. The van der Waals surface area contributed by atoms with Crippen molar-refractivity contribution < 1.29 is 18.3 Å². The van der Waals surface area contributed by atoms with Crippen molar-refractivity contribution in [2.24, 2.45) is 7.05 Å². The molecule has 0 unspecified atom stereocenters. The number of nitrogens with zero attached hydrogens (tertiary/aromatic N) is 7. The Morgan fingerprint density at radius 1 is 1.06 bits per heavy atom. The molecule has 2 aromatic heterocycles. The van der Waals surface area contributed by atoms with Gasteiger partial charge in [-0.1, -0.05) is 5.21 Å². The average Bonchev–Trinajstić information content (AvgIpc) is 3.21. The number of fused-ring (bicyclic) bond motifs is 1. The molecule has 2 aliphatic heterocycles. The molecule has 0 radical (unpaired) electrons. The number of H-pyrrole nitrogens is 1. The molecule has 0 saturated carbocycles. The van der Waals surface area contributed by atoms with Crippen molar-refractivity contribution in [2.45, 2.75) is 0 Å². The number of aromatic nitrogens is 5. The Labute approximate surface area is 193 Å². The van der Waals surface area contributed by atoms with Crippen molar-refractivity contribution in [3.05, 3.63) is 34.1 Å². The Kier molecular flexibility index (Phi) is 6.28. The highest BCUT2D eigenvalue weighted by atomic mass is 19.1. The van der Waals surface area contributed by atoms with Crippen molar-refractivity contribution in [2.75, 3.05) is 75.4 Å². The van der Waals surface area contributed by atoms with Gasteiger partial charge in [-0.3, -0.25) is 14.7 Å². The van der Waals surface area contributed by atoms with E-state index in [0.717, 1.165) is 13.1 Å². The van der Waals surface area contributed by atoms with Gasteiger partial charge in [0.25, 0.3) is 5.56 Å². The van der Waals surface area contributed by atoms with Crippen LogP contribution in [0.15, 0.2) is 16.9 Å². The maximum Gasteiger partial charge on any atom is 0.282 e. The number of aryl methyl sites for hydroxylation is 1. The number of benzene rings is 1. The van der Waals surface area contributed by atoms with E-state index in [1.165, 1.54) is 16.8 Å². The highest BCUT2D eigenvalue weighted by Gasteiger charge is 2.25. The molecule has 3 aromatic rings. The molecule has 1 aromatic carbocycles. The van der Waals surface area contributed by atoms with E-state index in [1.54, 1.807) is 11.9 Å². The largest absolute Gasteiger partial charge is 0.492 e.